The van der Waals surface area contributed by atoms with Crippen molar-refractivity contribution >= 4 is 17.5 Å². The van der Waals surface area contributed by atoms with Crippen LogP contribution in [0.25, 0.3) is 22.8 Å². The van der Waals surface area contributed by atoms with Crippen LogP contribution in [0.2, 0.25) is 5.02 Å². The molecule has 0 saturated carbocycles. The number of nitrogens with two attached hydrogens (primary N) is 1. The highest BCUT2D eigenvalue weighted by molar-refractivity contribution is 6.30. The SMILES string of the molecule is CN(CC(C)(C)CN)C(=O)c1ccccc1-c1nc(-c2cccc(Cl)c2)no1. The molecule has 0 radical (unpaired) electrons. The first-order valence-electron chi connectivity index (χ1n) is 8.95. The average molecular weight is 399 g/mol. The second-order valence-electron chi connectivity index (χ2n) is 7.51. The smallest absolute Gasteiger partial charge is 0.259 e. The van der Waals surface area contributed by atoms with Gasteiger partial charge in [0.05, 0.1) is 11.1 Å². The topological polar surface area (TPSA) is 85.2 Å². The summed E-state index contributed by atoms with van der Waals surface area (Å²) in [5.74, 6) is 0.572. The molecule has 1 aromatic heterocycles. The molecule has 1 heterocycles. The van der Waals surface area contributed by atoms with E-state index in [1.54, 1.807) is 36.2 Å². The first kappa shape index (κ1) is 20.0. The minimum atomic E-state index is -0.177. The van der Waals surface area contributed by atoms with Gasteiger partial charge >= 0.3 is 0 Å². The molecule has 2 aromatic carbocycles. The summed E-state index contributed by atoms with van der Waals surface area (Å²) in [6, 6.07) is 14.4. The van der Waals surface area contributed by atoms with Crippen LogP contribution in [0.15, 0.2) is 53.1 Å². The Bertz CT molecular complexity index is 984. The molecule has 6 nitrogen and oxygen atoms in total. The summed E-state index contributed by atoms with van der Waals surface area (Å²) in [7, 11) is 1.77. The molecular weight excluding hydrogens is 376 g/mol. The maximum atomic E-state index is 13.0. The predicted molar refractivity (Wildman–Crippen MR) is 110 cm³/mol. The number of nitrogens with zero attached hydrogens (tertiary/aromatic N) is 3. The quantitative estimate of drug-likeness (QED) is 0.675. The normalized spacial score (nSPS) is 11.5. The lowest BCUT2D eigenvalue weighted by atomic mass is 9.93. The highest BCUT2D eigenvalue weighted by Gasteiger charge is 2.25. The van der Waals surface area contributed by atoms with Crippen LogP contribution in [0, 0.1) is 5.41 Å². The van der Waals surface area contributed by atoms with Gasteiger partial charge in [-0.25, -0.2) is 0 Å². The molecule has 0 saturated heterocycles. The van der Waals surface area contributed by atoms with Gasteiger partial charge in [-0.1, -0.05) is 54.9 Å². The molecule has 7 heteroatoms. The summed E-state index contributed by atoms with van der Waals surface area (Å²) in [5, 5.41) is 4.62. The second-order valence-corrected chi connectivity index (χ2v) is 7.95. The lowest BCUT2D eigenvalue weighted by Crippen LogP contribution is -2.39. The van der Waals surface area contributed by atoms with Crippen LogP contribution in [-0.4, -0.2) is 41.1 Å². The van der Waals surface area contributed by atoms with Crippen molar-refractivity contribution in [2.75, 3.05) is 20.1 Å². The van der Waals surface area contributed by atoms with E-state index in [1.807, 2.05) is 38.1 Å². The monoisotopic (exact) mass is 398 g/mol. The molecule has 1 amide bonds. The molecule has 3 rings (SSSR count). The molecule has 0 aliphatic carbocycles. The molecule has 0 unspecified atom stereocenters. The van der Waals surface area contributed by atoms with Crippen molar-refractivity contribution in [2.45, 2.75) is 13.8 Å². The zero-order valence-corrected chi connectivity index (χ0v) is 16.9. The lowest BCUT2D eigenvalue weighted by molar-refractivity contribution is 0.0741. The Morgan fingerprint density at radius 2 is 1.96 bits per heavy atom. The van der Waals surface area contributed by atoms with Crippen molar-refractivity contribution in [1.82, 2.24) is 15.0 Å². The zero-order valence-electron chi connectivity index (χ0n) is 16.1. The molecule has 0 bridgehead atoms. The van der Waals surface area contributed by atoms with Gasteiger partial charge in [0, 0.05) is 24.2 Å². The fourth-order valence-electron chi connectivity index (χ4n) is 2.92. The summed E-state index contributed by atoms with van der Waals surface area (Å²) in [6.07, 6.45) is 0. The van der Waals surface area contributed by atoms with Crippen LogP contribution in [-0.2, 0) is 0 Å². The first-order chi connectivity index (χ1) is 13.3. The van der Waals surface area contributed by atoms with E-state index in [-0.39, 0.29) is 17.2 Å². The van der Waals surface area contributed by atoms with Gasteiger partial charge in [0.15, 0.2) is 0 Å². The summed E-state index contributed by atoms with van der Waals surface area (Å²) in [6.45, 7) is 5.07. The van der Waals surface area contributed by atoms with E-state index in [0.29, 0.717) is 35.1 Å². The number of aromatic nitrogens is 2. The Morgan fingerprint density at radius 3 is 2.68 bits per heavy atom. The fourth-order valence-corrected chi connectivity index (χ4v) is 3.11. The summed E-state index contributed by atoms with van der Waals surface area (Å²) in [5.41, 5.74) is 7.46. The van der Waals surface area contributed by atoms with Crippen LogP contribution < -0.4 is 5.73 Å². The van der Waals surface area contributed by atoms with Gasteiger partial charge in [-0.05, 0) is 36.2 Å². The third kappa shape index (κ3) is 4.40. The van der Waals surface area contributed by atoms with Crippen molar-refractivity contribution < 1.29 is 9.32 Å². The van der Waals surface area contributed by atoms with Crippen molar-refractivity contribution in [3.8, 4) is 22.8 Å². The lowest BCUT2D eigenvalue weighted by Gasteiger charge is -2.29. The number of rotatable bonds is 6. The Labute approximate surface area is 169 Å². The summed E-state index contributed by atoms with van der Waals surface area (Å²) in [4.78, 5) is 19.2. The Hall–Kier alpha value is -2.70. The molecule has 0 aliphatic heterocycles. The van der Waals surface area contributed by atoms with E-state index in [9.17, 15) is 4.79 Å². The molecule has 0 aliphatic rings. The van der Waals surface area contributed by atoms with E-state index in [0.717, 1.165) is 5.56 Å². The number of carbonyl (C=O) groups is 1. The summed E-state index contributed by atoms with van der Waals surface area (Å²) >= 11 is 6.04. The molecule has 2 N–H and O–H groups in total. The van der Waals surface area contributed by atoms with Crippen LogP contribution >= 0.6 is 11.6 Å². The minimum absolute atomic E-state index is 0.125. The van der Waals surface area contributed by atoms with E-state index >= 15 is 0 Å². The van der Waals surface area contributed by atoms with Gasteiger partial charge in [0.25, 0.3) is 11.8 Å². The molecule has 28 heavy (non-hydrogen) atoms. The van der Waals surface area contributed by atoms with Crippen LogP contribution in [0.4, 0.5) is 0 Å². The van der Waals surface area contributed by atoms with E-state index < -0.39 is 0 Å². The van der Waals surface area contributed by atoms with Crippen LogP contribution in [0.3, 0.4) is 0 Å². The number of carbonyl (C=O) groups excluding carboxylic acids is 1. The summed E-state index contributed by atoms with van der Waals surface area (Å²) < 4.78 is 5.44. The minimum Gasteiger partial charge on any atom is -0.341 e. The van der Waals surface area contributed by atoms with E-state index in [4.69, 9.17) is 21.9 Å². The maximum absolute atomic E-state index is 13.0. The van der Waals surface area contributed by atoms with E-state index in [1.165, 1.54) is 0 Å². The molecule has 3 aromatic rings. The van der Waals surface area contributed by atoms with Crippen molar-refractivity contribution in [1.29, 1.82) is 0 Å². The van der Waals surface area contributed by atoms with E-state index in [2.05, 4.69) is 10.1 Å². The van der Waals surface area contributed by atoms with Gasteiger partial charge in [-0.2, -0.15) is 4.98 Å². The largest absolute Gasteiger partial charge is 0.341 e. The van der Waals surface area contributed by atoms with Crippen molar-refractivity contribution in [3.05, 3.63) is 59.1 Å². The highest BCUT2D eigenvalue weighted by atomic mass is 35.5. The Kier molecular flexibility index (Phi) is 5.82. The van der Waals surface area contributed by atoms with Gasteiger partial charge in [-0.15, -0.1) is 0 Å². The number of benzene rings is 2. The van der Waals surface area contributed by atoms with Crippen LogP contribution in [0.1, 0.15) is 24.2 Å². The molecule has 0 atom stereocenters. The third-order valence-electron chi connectivity index (χ3n) is 4.46. The van der Waals surface area contributed by atoms with Gasteiger partial charge in [0.2, 0.25) is 5.82 Å². The third-order valence-corrected chi connectivity index (χ3v) is 4.70. The molecule has 0 spiro atoms. The molecular formula is C21H23ClN4O2. The number of hydrogen-bond acceptors (Lipinski definition) is 5. The highest BCUT2D eigenvalue weighted by Crippen LogP contribution is 2.27. The van der Waals surface area contributed by atoms with Crippen molar-refractivity contribution in [2.24, 2.45) is 11.1 Å². The van der Waals surface area contributed by atoms with Crippen molar-refractivity contribution in [3.63, 3.8) is 0 Å². The molecule has 146 valence electrons. The average Bonchev–Trinajstić information content (AvgIpc) is 3.17. The van der Waals surface area contributed by atoms with Gasteiger partial charge < -0.3 is 15.2 Å². The number of halogens is 1. The first-order valence-corrected chi connectivity index (χ1v) is 9.33. The standard InChI is InChI=1S/C21H23ClN4O2/c1-21(2,12-23)13-26(3)20(27)17-10-5-4-9-16(17)19-24-18(25-28-19)14-7-6-8-15(22)11-14/h4-11H,12-13,23H2,1-3H3. The Morgan fingerprint density at radius 1 is 1.21 bits per heavy atom. The van der Waals surface area contributed by atoms with Gasteiger partial charge in [0.1, 0.15) is 0 Å². The molecule has 0 fully saturated rings. The fraction of sp³-hybridized carbons (Fsp3) is 0.286. The zero-order chi connectivity index (χ0) is 20.3. The Balaban J connectivity index is 1.92. The maximum Gasteiger partial charge on any atom is 0.259 e. The number of hydrogen-bond donors (Lipinski definition) is 1. The number of amides is 1. The second kappa shape index (κ2) is 8.12. The van der Waals surface area contributed by atoms with Gasteiger partial charge in [-0.3, -0.25) is 4.79 Å². The predicted octanol–water partition coefficient (Wildman–Crippen LogP) is 4.11. The van der Waals surface area contributed by atoms with Crippen LogP contribution in [0.5, 0.6) is 0 Å².